The Bertz CT molecular complexity index is 383. The first kappa shape index (κ1) is 11.6. The zero-order valence-electron chi connectivity index (χ0n) is 7.89. The first-order chi connectivity index (χ1) is 6.55. The van der Waals surface area contributed by atoms with Gasteiger partial charge in [0.05, 0.1) is 6.61 Å². The van der Waals surface area contributed by atoms with Crippen molar-refractivity contribution in [3.05, 3.63) is 17.0 Å². The molecule has 0 unspecified atom stereocenters. The average Bonchev–Trinajstić information content (AvgIpc) is 2.52. The fourth-order valence-corrected chi connectivity index (χ4v) is 3.00. The molecule has 1 rings (SSSR count). The minimum atomic E-state index is -3.56. The zero-order chi connectivity index (χ0) is 10.6. The van der Waals surface area contributed by atoms with Gasteiger partial charge in [0, 0.05) is 6.61 Å². The normalized spacial score (nSPS) is 11.9. The Morgan fingerprint density at radius 3 is 2.86 bits per heavy atom. The Morgan fingerprint density at radius 2 is 2.29 bits per heavy atom. The highest BCUT2D eigenvalue weighted by molar-refractivity contribution is 7.91. The molecule has 0 spiro atoms. The monoisotopic (exact) mass is 235 g/mol. The number of thiophene rings is 1. The highest BCUT2D eigenvalue weighted by Gasteiger charge is 2.14. The van der Waals surface area contributed by atoms with Crippen molar-refractivity contribution in [1.82, 2.24) is 0 Å². The predicted molar refractivity (Wildman–Crippen MR) is 55.9 cm³/mol. The van der Waals surface area contributed by atoms with Crippen LogP contribution in [-0.4, -0.2) is 21.6 Å². The molecule has 0 saturated carbocycles. The van der Waals surface area contributed by atoms with E-state index in [2.05, 4.69) is 0 Å². The van der Waals surface area contributed by atoms with Crippen molar-refractivity contribution in [1.29, 1.82) is 0 Å². The van der Waals surface area contributed by atoms with Crippen molar-refractivity contribution in [2.24, 2.45) is 5.14 Å². The second-order valence-electron chi connectivity index (χ2n) is 2.73. The van der Waals surface area contributed by atoms with E-state index in [1.54, 1.807) is 11.4 Å². The average molecular weight is 235 g/mol. The van der Waals surface area contributed by atoms with Crippen LogP contribution in [0.4, 0.5) is 0 Å². The molecule has 0 aromatic carbocycles. The molecule has 0 bridgehead atoms. The summed E-state index contributed by atoms with van der Waals surface area (Å²) >= 11 is 1.15. The SMILES string of the molecule is CCOCCc1ccsc1S(N)(=O)=O. The highest BCUT2D eigenvalue weighted by atomic mass is 32.2. The van der Waals surface area contributed by atoms with Gasteiger partial charge >= 0.3 is 0 Å². The lowest BCUT2D eigenvalue weighted by atomic mass is 10.2. The Hall–Kier alpha value is -0.430. The van der Waals surface area contributed by atoms with Crippen LogP contribution in [-0.2, 0) is 21.2 Å². The van der Waals surface area contributed by atoms with Crippen LogP contribution in [0.1, 0.15) is 12.5 Å². The third kappa shape index (κ3) is 3.06. The molecule has 2 N–H and O–H groups in total. The van der Waals surface area contributed by atoms with E-state index < -0.39 is 10.0 Å². The highest BCUT2D eigenvalue weighted by Crippen LogP contribution is 2.21. The first-order valence-electron chi connectivity index (χ1n) is 4.22. The van der Waals surface area contributed by atoms with Crippen LogP contribution in [0.25, 0.3) is 0 Å². The summed E-state index contributed by atoms with van der Waals surface area (Å²) < 4.78 is 27.6. The van der Waals surface area contributed by atoms with E-state index in [9.17, 15) is 8.42 Å². The second-order valence-corrected chi connectivity index (χ2v) is 5.40. The van der Waals surface area contributed by atoms with E-state index in [4.69, 9.17) is 9.88 Å². The molecule has 0 amide bonds. The maximum atomic E-state index is 11.1. The van der Waals surface area contributed by atoms with Crippen molar-refractivity contribution in [3.8, 4) is 0 Å². The molecule has 1 aromatic rings. The summed E-state index contributed by atoms with van der Waals surface area (Å²) in [7, 11) is -3.56. The van der Waals surface area contributed by atoms with Gasteiger partial charge in [0.2, 0.25) is 10.0 Å². The molecule has 0 aliphatic carbocycles. The summed E-state index contributed by atoms with van der Waals surface area (Å²) in [5.41, 5.74) is 0.742. The van der Waals surface area contributed by atoms with Crippen LogP contribution in [0.3, 0.4) is 0 Å². The smallest absolute Gasteiger partial charge is 0.247 e. The van der Waals surface area contributed by atoms with E-state index in [-0.39, 0.29) is 4.21 Å². The molecule has 0 fully saturated rings. The molecule has 0 saturated heterocycles. The van der Waals surface area contributed by atoms with Crippen LogP contribution >= 0.6 is 11.3 Å². The van der Waals surface area contributed by atoms with Crippen molar-refractivity contribution >= 4 is 21.4 Å². The lowest BCUT2D eigenvalue weighted by Gasteiger charge is -2.01. The maximum Gasteiger partial charge on any atom is 0.247 e. The van der Waals surface area contributed by atoms with Crippen LogP contribution in [0.2, 0.25) is 0 Å². The Labute approximate surface area is 87.7 Å². The zero-order valence-corrected chi connectivity index (χ0v) is 9.53. The molecule has 0 atom stereocenters. The summed E-state index contributed by atoms with van der Waals surface area (Å²) in [6.45, 7) is 3.05. The third-order valence-corrected chi connectivity index (χ3v) is 4.20. The fraction of sp³-hybridized carbons (Fsp3) is 0.500. The summed E-state index contributed by atoms with van der Waals surface area (Å²) in [5, 5.41) is 6.77. The Morgan fingerprint density at radius 1 is 1.57 bits per heavy atom. The summed E-state index contributed by atoms with van der Waals surface area (Å²) in [6.07, 6.45) is 0.586. The van der Waals surface area contributed by atoms with Crippen molar-refractivity contribution in [2.75, 3.05) is 13.2 Å². The minimum Gasteiger partial charge on any atom is -0.381 e. The van der Waals surface area contributed by atoms with Gasteiger partial charge < -0.3 is 4.74 Å². The van der Waals surface area contributed by atoms with E-state index in [0.29, 0.717) is 19.6 Å². The van der Waals surface area contributed by atoms with Gasteiger partial charge in [-0.25, -0.2) is 13.6 Å². The van der Waals surface area contributed by atoms with Crippen molar-refractivity contribution in [3.63, 3.8) is 0 Å². The summed E-state index contributed by atoms with van der Waals surface area (Å²) in [6, 6.07) is 1.77. The standard InChI is InChI=1S/C8H13NO3S2/c1-2-12-5-3-7-4-6-13-8(7)14(9,10)11/h4,6H,2-3,5H2,1H3,(H2,9,10,11). The van der Waals surface area contributed by atoms with Crippen LogP contribution < -0.4 is 5.14 Å². The van der Waals surface area contributed by atoms with Crippen LogP contribution in [0.15, 0.2) is 15.7 Å². The molecule has 14 heavy (non-hydrogen) atoms. The van der Waals surface area contributed by atoms with Gasteiger partial charge in [0.1, 0.15) is 4.21 Å². The molecule has 4 nitrogen and oxygen atoms in total. The molecule has 0 aliphatic heterocycles. The topological polar surface area (TPSA) is 69.4 Å². The molecule has 0 aliphatic rings. The third-order valence-electron chi connectivity index (χ3n) is 1.68. The molecule has 0 radical (unpaired) electrons. The number of hydrogen-bond donors (Lipinski definition) is 1. The summed E-state index contributed by atoms with van der Waals surface area (Å²) in [4.78, 5) is 0. The number of sulfonamides is 1. The molecule has 80 valence electrons. The van der Waals surface area contributed by atoms with E-state index >= 15 is 0 Å². The van der Waals surface area contributed by atoms with Gasteiger partial charge in [-0.15, -0.1) is 11.3 Å². The second kappa shape index (κ2) is 4.88. The lowest BCUT2D eigenvalue weighted by molar-refractivity contribution is 0.150. The number of rotatable bonds is 5. The molecular weight excluding hydrogens is 222 g/mol. The van der Waals surface area contributed by atoms with E-state index in [1.807, 2.05) is 6.92 Å². The van der Waals surface area contributed by atoms with Crippen molar-refractivity contribution < 1.29 is 13.2 Å². The van der Waals surface area contributed by atoms with Gasteiger partial charge in [-0.3, -0.25) is 0 Å². The molecule has 1 aromatic heterocycles. The summed E-state index contributed by atoms with van der Waals surface area (Å²) in [5.74, 6) is 0. The predicted octanol–water partition coefficient (Wildman–Crippen LogP) is 0.975. The van der Waals surface area contributed by atoms with Gasteiger partial charge in [0.25, 0.3) is 0 Å². The number of ether oxygens (including phenoxy) is 1. The fourth-order valence-electron chi connectivity index (χ4n) is 1.08. The van der Waals surface area contributed by atoms with Gasteiger partial charge in [-0.2, -0.15) is 0 Å². The number of hydrogen-bond acceptors (Lipinski definition) is 4. The number of nitrogens with two attached hydrogens (primary N) is 1. The van der Waals surface area contributed by atoms with Crippen LogP contribution in [0.5, 0.6) is 0 Å². The quantitative estimate of drug-likeness (QED) is 0.773. The van der Waals surface area contributed by atoms with E-state index in [1.165, 1.54) is 0 Å². The first-order valence-corrected chi connectivity index (χ1v) is 6.65. The lowest BCUT2D eigenvalue weighted by Crippen LogP contribution is -2.13. The Balaban J connectivity index is 2.74. The Kier molecular flexibility index (Phi) is 4.06. The van der Waals surface area contributed by atoms with Gasteiger partial charge in [-0.1, -0.05) is 0 Å². The largest absolute Gasteiger partial charge is 0.381 e. The van der Waals surface area contributed by atoms with Gasteiger partial charge in [0.15, 0.2) is 0 Å². The van der Waals surface area contributed by atoms with Crippen LogP contribution in [0, 0.1) is 0 Å². The van der Waals surface area contributed by atoms with E-state index in [0.717, 1.165) is 16.9 Å². The number of primary sulfonamides is 1. The molecule has 1 heterocycles. The molecular formula is C8H13NO3S2. The molecule has 6 heteroatoms. The van der Waals surface area contributed by atoms with Gasteiger partial charge in [-0.05, 0) is 30.4 Å². The minimum absolute atomic E-state index is 0.247. The maximum absolute atomic E-state index is 11.1. The van der Waals surface area contributed by atoms with Crippen molar-refractivity contribution in [2.45, 2.75) is 17.6 Å².